The summed E-state index contributed by atoms with van der Waals surface area (Å²) in [5.41, 5.74) is 1.83. The highest BCUT2D eigenvalue weighted by atomic mass is 32.1. The van der Waals surface area contributed by atoms with Crippen molar-refractivity contribution in [1.82, 2.24) is 9.55 Å². The molecule has 2 aromatic rings. The van der Waals surface area contributed by atoms with Gasteiger partial charge in [0.15, 0.2) is 16.3 Å². The molecule has 0 saturated heterocycles. The van der Waals surface area contributed by atoms with Crippen molar-refractivity contribution in [3.8, 4) is 11.5 Å². The average molecular weight is 312 g/mol. The number of fused-ring (bicyclic) bond motifs is 1. The Bertz CT molecular complexity index is 665. The third kappa shape index (κ3) is 3.20. The molecule has 0 spiro atoms. The Morgan fingerprint density at radius 1 is 1.14 bits per heavy atom. The van der Waals surface area contributed by atoms with E-state index in [1.54, 1.807) is 28.4 Å². The third-order valence-corrected chi connectivity index (χ3v) is 3.67. The molecule has 0 amide bonds. The number of hydrogen-bond acceptors (Lipinski definition) is 5. The van der Waals surface area contributed by atoms with Crippen molar-refractivity contribution in [2.75, 3.05) is 35.0 Å². The monoisotopic (exact) mass is 312 g/mol. The number of rotatable bonds is 7. The summed E-state index contributed by atoms with van der Waals surface area (Å²) in [6.07, 6.45) is -0.0752. The van der Waals surface area contributed by atoms with Crippen molar-refractivity contribution in [2.45, 2.75) is 12.6 Å². The lowest BCUT2D eigenvalue weighted by Gasteiger charge is -2.16. The van der Waals surface area contributed by atoms with Gasteiger partial charge in [0.1, 0.15) is 0 Å². The van der Waals surface area contributed by atoms with E-state index in [0.717, 1.165) is 11.0 Å². The van der Waals surface area contributed by atoms with E-state index in [9.17, 15) is 0 Å². The highest BCUT2D eigenvalue weighted by molar-refractivity contribution is 7.71. The zero-order valence-corrected chi connectivity index (χ0v) is 13.5. The number of nitrogens with one attached hydrogen (secondary N) is 1. The van der Waals surface area contributed by atoms with Gasteiger partial charge >= 0.3 is 0 Å². The molecule has 0 aliphatic heterocycles. The molecule has 7 heteroatoms. The number of benzene rings is 1. The van der Waals surface area contributed by atoms with Gasteiger partial charge in [0.25, 0.3) is 0 Å². The maximum Gasteiger partial charge on any atom is 0.178 e. The summed E-state index contributed by atoms with van der Waals surface area (Å²) in [6.45, 7) is 1.09. The van der Waals surface area contributed by atoms with Crippen LogP contribution in [-0.4, -0.2) is 50.7 Å². The zero-order chi connectivity index (χ0) is 15.4. The number of nitrogens with zero attached hydrogens (tertiary/aromatic N) is 1. The first kappa shape index (κ1) is 15.8. The van der Waals surface area contributed by atoms with Crippen molar-refractivity contribution in [3.05, 3.63) is 16.9 Å². The lowest BCUT2D eigenvalue weighted by molar-refractivity contribution is 0.0188. The zero-order valence-electron chi connectivity index (χ0n) is 12.6. The first-order chi connectivity index (χ1) is 10.1. The van der Waals surface area contributed by atoms with Crippen LogP contribution >= 0.6 is 12.2 Å². The molecular weight excluding hydrogens is 292 g/mol. The maximum atomic E-state index is 5.41. The molecule has 1 N–H and O–H groups in total. The lowest BCUT2D eigenvalue weighted by atomic mass is 10.2. The number of methoxy groups -OCH3 is 4. The molecule has 0 bridgehead atoms. The second kappa shape index (κ2) is 6.93. The van der Waals surface area contributed by atoms with Gasteiger partial charge in [-0.2, -0.15) is 0 Å². The van der Waals surface area contributed by atoms with Crippen molar-refractivity contribution in [1.29, 1.82) is 0 Å². The predicted molar refractivity (Wildman–Crippen MR) is 82.9 cm³/mol. The van der Waals surface area contributed by atoms with E-state index < -0.39 is 0 Å². The Morgan fingerprint density at radius 2 is 1.81 bits per heavy atom. The standard InChI is InChI=1S/C14H20N2O4S/c1-17-8-9(18-2)7-16-11-6-13(20-4)12(19-3)5-10(11)15-14(16)21/h5-6,9H,7-8H2,1-4H3,(H,15,21). The molecule has 0 fully saturated rings. The van der Waals surface area contributed by atoms with Crippen LogP contribution < -0.4 is 9.47 Å². The molecule has 6 nitrogen and oxygen atoms in total. The largest absolute Gasteiger partial charge is 0.493 e. The van der Waals surface area contributed by atoms with E-state index >= 15 is 0 Å². The predicted octanol–water partition coefficient (Wildman–Crippen LogP) is 2.38. The number of aromatic amines is 1. The minimum absolute atomic E-state index is 0.0752. The quantitative estimate of drug-likeness (QED) is 0.796. The third-order valence-electron chi connectivity index (χ3n) is 3.35. The first-order valence-corrected chi connectivity index (χ1v) is 6.91. The molecule has 116 valence electrons. The molecule has 2 rings (SSSR count). The smallest absolute Gasteiger partial charge is 0.178 e. The summed E-state index contributed by atoms with van der Waals surface area (Å²) in [7, 11) is 6.52. The number of H-pyrrole nitrogens is 1. The molecule has 21 heavy (non-hydrogen) atoms. The fourth-order valence-corrected chi connectivity index (χ4v) is 2.53. The van der Waals surface area contributed by atoms with Crippen LogP contribution in [0.4, 0.5) is 0 Å². The van der Waals surface area contributed by atoms with Gasteiger partial charge in [-0.05, 0) is 12.2 Å². The Kier molecular flexibility index (Phi) is 5.22. The SMILES string of the molecule is COCC(Cn1c(=S)[nH]c2cc(OC)c(OC)cc21)OC. The molecule has 1 unspecified atom stereocenters. The lowest BCUT2D eigenvalue weighted by Crippen LogP contribution is -2.23. The van der Waals surface area contributed by atoms with E-state index in [-0.39, 0.29) is 6.10 Å². The van der Waals surface area contributed by atoms with Crippen LogP contribution in [0.25, 0.3) is 11.0 Å². The highest BCUT2D eigenvalue weighted by Crippen LogP contribution is 2.32. The Hall–Kier alpha value is -1.57. The molecule has 0 radical (unpaired) electrons. The summed E-state index contributed by atoms with van der Waals surface area (Å²) in [4.78, 5) is 3.17. The van der Waals surface area contributed by atoms with Crippen LogP contribution in [0.15, 0.2) is 12.1 Å². The van der Waals surface area contributed by atoms with Crippen LogP contribution in [0.2, 0.25) is 0 Å². The summed E-state index contributed by atoms with van der Waals surface area (Å²) < 4.78 is 23.8. The van der Waals surface area contributed by atoms with E-state index in [2.05, 4.69) is 4.98 Å². The van der Waals surface area contributed by atoms with E-state index in [1.165, 1.54) is 0 Å². The van der Waals surface area contributed by atoms with Gasteiger partial charge in [-0.25, -0.2) is 0 Å². The highest BCUT2D eigenvalue weighted by Gasteiger charge is 2.15. The summed E-state index contributed by atoms with van der Waals surface area (Å²) >= 11 is 5.39. The minimum Gasteiger partial charge on any atom is -0.493 e. The summed E-state index contributed by atoms with van der Waals surface area (Å²) in [6, 6.07) is 3.78. The minimum atomic E-state index is -0.0752. The molecule has 0 aliphatic carbocycles. The van der Waals surface area contributed by atoms with Crippen LogP contribution in [0, 0.1) is 4.77 Å². The molecular formula is C14H20N2O4S. The van der Waals surface area contributed by atoms with Gasteiger partial charge in [-0.1, -0.05) is 0 Å². The topological polar surface area (TPSA) is 57.6 Å². The van der Waals surface area contributed by atoms with Gasteiger partial charge < -0.3 is 28.5 Å². The van der Waals surface area contributed by atoms with Gasteiger partial charge in [0.2, 0.25) is 0 Å². The van der Waals surface area contributed by atoms with Crippen molar-refractivity contribution < 1.29 is 18.9 Å². The van der Waals surface area contributed by atoms with Gasteiger partial charge in [-0.15, -0.1) is 0 Å². The van der Waals surface area contributed by atoms with Crippen LogP contribution in [-0.2, 0) is 16.0 Å². The van der Waals surface area contributed by atoms with E-state index in [4.69, 9.17) is 31.2 Å². The normalized spacial score (nSPS) is 12.6. The van der Waals surface area contributed by atoms with Crippen LogP contribution in [0.1, 0.15) is 0 Å². The van der Waals surface area contributed by atoms with E-state index in [0.29, 0.717) is 29.4 Å². The average Bonchev–Trinajstić information content (AvgIpc) is 2.80. The second-order valence-electron chi connectivity index (χ2n) is 4.58. The fraction of sp³-hybridized carbons (Fsp3) is 0.500. The summed E-state index contributed by atoms with van der Waals surface area (Å²) in [5, 5.41) is 0. The molecule has 0 aliphatic rings. The molecule has 1 atom stereocenters. The molecule has 1 aromatic carbocycles. The number of imidazole rings is 1. The van der Waals surface area contributed by atoms with Gasteiger partial charge in [0.05, 0.1) is 44.5 Å². The Balaban J connectivity index is 2.48. The molecule has 0 saturated carbocycles. The van der Waals surface area contributed by atoms with Crippen molar-refractivity contribution in [2.24, 2.45) is 0 Å². The number of hydrogen-bond donors (Lipinski definition) is 1. The van der Waals surface area contributed by atoms with Gasteiger partial charge in [0, 0.05) is 26.4 Å². The summed E-state index contributed by atoms with van der Waals surface area (Å²) in [5.74, 6) is 1.32. The van der Waals surface area contributed by atoms with Crippen molar-refractivity contribution in [3.63, 3.8) is 0 Å². The number of ether oxygens (including phenoxy) is 4. The van der Waals surface area contributed by atoms with Crippen molar-refractivity contribution >= 4 is 23.3 Å². The fourth-order valence-electron chi connectivity index (χ4n) is 2.25. The molecule has 1 aromatic heterocycles. The number of aromatic nitrogens is 2. The maximum absolute atomic E-state index is 5.41. The Morgan fingerprint density at radius 3 is 2.38 bits per heavy atom. The molecule has 1 heterocycles. The van der Waals surface area contributed by atoms with E-state index in [1.807, 2.05) is 16.7 Å². The van der Waals surface area contributed by atoms with Gasteiger partial charge in [-0.3, -0.25) is 0 Å². The van der Waals surface area contributed by atoms with Crippen LogP contribution in [0.3, 0.4) is 0 Å². The first-order valence-electron chi connectivity index (χ1n) is 6.50. The Labute approximate surface area is 128 Å². The van der Waals surface area contributed by atoms with Crippen LogP contribution in [0.5, 0.6) is 11.5 Å². The second-order valence-corrected chi connectivity index (χ2v) is 4.96.